The van der Waals surface area contributed by atoms with Gasteiger partial charge in [0.05, 0.1) is 5.57 Å². The van der Waals surface area contributed by atoms with E-state index in [9.17, 15) is 14.7 Å². The third-order valence-corrected chi connectivity index (χ3v) is 8.72. The first-order valence-corrected chi connectivity index (χ1v) is 13.5. The summed E-state index contributed by atoms with van der Waals surface area (Å²) in [4.78, 5) is 28.5. The van der Waals surface area contributed by atoms with E-state index in [-0.39, 0.29) is 11.3 Å². The van der Waals surface area contributed by atoms with Crippen molar-refractivity contribution >= 4 is 57.0 Å². The van der Waals surface area contributed by atoms with Gasteiger partial charge >= 0.3 is 5.91 Å². The lowest BCUT2D eigenvalue weighted by molar-refractivity contribution is -0.132. The molecule has 0 saturated carbocycles. The Morgan fingerprint density at radius 2 is 1.69 bits per heavy atom. The average Bonchev–Trinajstić information content (AvgIpc) is 3.60. The van der Waals surface area contributed by atoms with Crippen molar-refractivity contribution < 1.29 is 14.7 Å². The number of carbonyl (C=O) groups is 2. The van der Waals surface area contributed by atoms with Crippen LogP contribution in [0.1, 0.15) is 33.2 Å². The molecule has 9 heteroatoms. The summed E-state index contributed by atoms with van der Waals surface area (Å²) in [6, 6.07) is 18.4. The van der Waals surface area contributed by atoms with Gasteiger partial charge in [0.15, 0.2) is 4.34 Å². The fourth-order valence-corrected chi connectivity index (χ4v) is 6.45. The van der Waals surface area contributed by atoms with Crippen LogP contribution in [0.3, 0.4) is 0 Å². The average molecular weight is 520 g/mol. The minimum absolute atomic E-state index is 0.0605. The Hall–Kier alpha value is -3.27. The molecule has 1 N–H and O–H groups in total. The summed E-state index contributed by atoms with van der Waals surface area (Å²) in [7, 11) is 0. The third-order valence-electron chi connectivity index (χ3n) is 5.67. The number of thioether (sulfide) groups is 1. The molecular weight excluding hydrogens is 499 g/mol. The van der Waals surface area contributed by atoms with Crippen molar-refractivity contribution in [3.05, 3.63) is 98.7 Å². The molecule has 5 rings (SSSR count). The molecule has 1 aliphatic rings. The lowest BCUT2D eigenvalue weighted by atomic mass is 9.99. The summed E-state index contributed by atoms with van der Waals surface area (Å²) in [5, 5.41) is 21.8. The smallest absolute Gasteiger partial charge is 0.301 e. The molecule has 2 aromatic carbocycles. The number of ketones is 1. The van der Waals surface area contributed by atoms with Gasteiger partial charge in [-0.3, -0.25) is 14.5 Å². The Balaban J connectivity index is 1.49. The van der Waals surface area contributed by atoms with E-state index in [1.165, 1.54) is 44.9 Å². The number of rotatable bonds is 6. The van der Waals surface area contributed by atoms with Crippen molar-refractivity contribution in [2.24, 2.45) is 0 Å². The molecule has 6 nitrogen and oxygen atoms in total. The standard InChI is InChI=1S/C26H21N3O3S3/c1-15-5-9-17(10-6-15)14-34-26-28-27-25(35-26)29-21(19-4-3-13-33-19)20(23(31)24(29)32)22(30)18-11-7-16(2)8-12-18/h3-13,21,30H,14H2,1-2H3/b22-20-. The van der Waals surface area contributed by atoms with Gasteiger partial charge in [0.25, 0.3) is 5.78 Å². The maximum absolute atomic E-state index is 13.2. The van der Waals surface area contributed by atoms with Gasteiger partial charge in [0.2, 0.25) is 5.13 Å². The Morgan fingerprint density at radius 1 is 1.00 bits per heavy atom. The van der Waals surface area contributed by atoms with E-state index in [0.29, 0.717) is 15.0 Å². The van der Waals surface area contributed by atoms with Gasteiger partial charge in [-0.25, -0.2) is 0 Å². The number of hydrogen-bond donors (Lipinski definition) is 1. The number of aromatic nitrogens is 2. The Labute approximate surface area is 215 Å². The second kappa shape index (κ2) is 9.77. The molecule has 0 radical (unpaired) electrons. The minimum Gasteiger partial charge on any atom is -0.507 e. The second-order valence-electron chi connectivity index (χ2n) is 8.18. The zero-order valence-electron chi connectivity index (χ0n) is 19.0. The molecule has 1 amide bonds. The fourth-order valence-electron chi connectivity index (χ4n) is 3.80. The number of aliphatic hydroxyl groups excluding tert-OH is 1. The van der Waals surface area contributed by atoms with E-state index in [1.54, 1.807) is 12.1 Å². The second-order valence-corrected chi connectivity index (χ2v) is 11.3. The molecule has 1 unspecified atom stereocenters. The summed E-state index contributed by atoms with van der Waals surface area (Å²) in [5.41, 5.74) is 3.94. The molecule has 1 fully saturated rings. The van der Waals surface area contributed by atoms with Crippen molar-refractivity contribution in [2.45, 2.75) is 30.0 Å². The first kappa shape index (κ1) is 23.5. The van der Waals surface area contributed by atoms with Gasteiger partial charge in [0, 0.05) is 16.2 Å². The minimum atomic E-state index is -0.765. The number of benzene rings is 2. The normalized spacial score (nSPS) is 17.3. The lowest BCUT2D eigenvalue weighted by Gasteiger charge is -2.20. The van der Waals surface area contributed by atoms with E-state index in [1.807, 2.05) is 43.5 Å². The van der Waals surface area contributed by atoms with Gasteiger partial charge < -0.3 is 5.11 Å². The predicted molar refractivity (Wildman–Crippen MR) is 141 cm³/mol. The number of amides is 1. The van der Waals surface area contributed by atoms with Crippen LogP contribution >= 0.6 is 34.4 Å². The predicted octanol–water partition coefficient (Wildman–Crippen LogP) is 6.14. The first-order valence-electron chi connectivity index (χ1n) is 10.9. The largest absolute Gasteiger partial charge is 0.507 e. The number of carbonyl (C=O) groups excluding carboxylic acids is 2. The van der Waals surface area contributed by atoms with Crippen LogP contribution < -0.4 is 4.90 Å². The van der Waals surface area contributed by atoms with Crippen molar-refractivity contribution in [1.82, 2.24) is 10.2 Å². The van der Waals surface area contributed by atoms with Crippen LogP contribution in [0.15, 0.2) is 76.0 Å². The number of thiophene rings is 1. The molecule has 176 valence electrons. The van der Waals surface area contributed by atoms with Crippen LogP contribution in [0.5, 0.6) is 0 Å². The lowest BCUT2D eigenvalue weighted by Crippen LogP contribution is -2.29. The molecule has 2 aromatic heterocycles. The van der Waals surface area contributed by atoms with E-state index in [2.05, 4.69) is 34.5 Å². The maximum atomic E-state index is 13.2. The van der Waals surface area contributed by atoms with Crippen molar-refractivity contribution in [3.8, 4) is 0 Å². The van der Waals surface area contributed by atoms with Crippen LogP contribution in [0.4, 0.5) is 5.13 Å². The van der Waals surface area contributed by atoms with Gasteiger partial charge in [-0.15, -0.1) is 21.5 Å². The number of hydrogen-bond acceptors (Lipinski definition) is 8. The van der Waals surface area contributed by atoms with Crippen LogP contribution in [0, 0.1) is 13.8 Å². The van der Waals surface area contributed by atoms with Crippen LogP contribution in [0.2, 0.25) is 0 Å². The van der Waals surface area contributed by atoms with Crippen molar-refractivity contribution in [1.29, 1.82) is 0 Å². The van der Waals surface area contributed by atoms with E-state index >= 15 is 0 Å². The molecule has 4 aromatic rings. The summed E-state index contributed by atoms with van der Waals surface area (Å²) in [6.07, 6.45) is 0. The Kier molecular flexibility index (Phi) is 6.55. The molecular formula is C26H21N3O3S3. The van der Waals surface area contributed by atoms with Gasteiger partial charge in [-0.2, -0.15) is 0 Å². The number of aliphatic hydroxyl groups is 1. The van der Waals surface area contributed by atoms with Crippen molar-refractivity contribution in [2.75, 3.05) is 4.90 Å². The third kappa shape index (κ3) is 4.67. The molecule has 1 atom stereocenters. The highest BCUT2D eigenvalue weighted by atomic mass is 32.2. The molecule has 1 saturated heterocycles. The molecule has 35 heavy (non-hydrogen) atoms. The van der Waals surface area contributed by atoms with Gasteiger partial charge in [0.1, 0.15) is 11.8 Å². The number of Topliss-reactive ketones (excluding diaryl/α,β-unsaturated/α-hetero) is 1. The SMILES string of the molecule is Cc1ccc(CSc2nnc(N3C(=O)C(=O)/C(=C(\O)c4ccc(C)cc4)C3c3cccs3)s2)cc1. The zero-order chi connectivity index (χ0) is 24.5. The zero-order valence-corrected chi connectivity index (χ0v) is 21.4. The molecule has 0 aliphatic carbocycles. The van der Waals surface area contributed by atoms with Crippen LogP contribution in [-0.2, 0) is 15.3 Å². The Morgan fingerprint density at radius 3 is 2.34 bits per heavy atom. The van der Waals surface area contributed by atoms with Gasteiger partial charge in [-0.1, -0.05) is 88.8 Å². The van der Waals surface area contributed by atoms with E-state index in [4.69, 9.17) is 0 Å². The summed E-state index contributed by atoms with van der Waals surface area (Å²) in [6.45, 7) is 3.99. The summed E-state index contributed by atoms with van der Waals surface area (Å²) >= 11 is 4.21. The van der Waals surface area contributed by atoms with E-state index in [0.717, 1.165) is 21.8 Å². The highest BCUT2D eigenvalue weighted by Gasteiger charge is 2.48. The summed E-state index contributed by atoms with van der Waals surface area (Å²) < 4.78 is 0.700. The molecule has 3 heterocycles. The number of nitrogens with zero attached hydrogens (tertiary/aromatic N) is 3. The molecule has 0 bridgehead atoms. The molecule has 1 aliphatic heterocycles. The number of aryl methyl sites for hydroxylation is 2. The fraction of sp³-hybridized carbons (Fsp3) is 0.154. The Bertz CT molecular complexity index is 1410. The highest BCUT2D eigenvalue weighted by molar-refractivity contribution is 8.00. The number of anilines is 1. The maximum Gasteiger partial charge on any atom is 0.301 e. The van der Waals surface area contributed by atoms with Crippen LogP contribution in [-0.4, -0.2) is 27.0 Å². The highest BCUT2D eigenvalue weighted by Crippen LogP contribution is 2.45. The van der Waals surface area contributed by atoms with Crippen molar-refractivity contribution in [3.63, 3.8) is 0 Å². The summed E-state index contributed by atoms with van der Waals surface area (Å²) in [5.74, 6) is -0.924. The van der Waals surface area contributed by atoms with Crippen LogP contribution in [0.25, 0.3) is 5.76 Å². The molecule has 0 spiro atoms. The quantitative estimate of drug-likeness (QED) is 0.108. The topological polar surface area (TPSA) is 83.4 Å². The first-order chi connectivity index (χ1) is 16.9. The monoisotopic (exact) mass is 519 g/mol. The van der Waals surface area contributed by atoms with Gasteiger partial charge in [-0.05, 0) is 30.9 Å². The van der Waals surface area contributed by atoms with E-state index < -0.39 is 17.7 Å².